The monoisotopic (exact) mass is 280 g/mol. The van der Waals surface area contributed by atoms with Gasteiger partial charge in [0.1, 0.15) is 0 Å². The molecule has 0 atom stereocenters. The summed E-state index contributed by atoms with van der Waals surface area (Å²) < 4.78 is 1.91. The number of rotatable bonds is 4. The molecule has 86 valence electrons. The van der Waals surface area contributed by atoms with Crippen molar-refractivity contribution < 1.29 is 29.4 Å². The van der Waals surface area contributed by atoms with Gasteiger partial charge in [0.15, 0.2) is 0 Å². The minimum atomic E-state index is -0.911. The molecule has 2 rings (SSSR count). The number of fused-ring (bicyclic) bond motifs is 1. The van der Waals surface area contributed by atoms with E-state index in [1.807, 2.05) is 28.8 Å². The number of para-hydroxylation sites is 1. The number of aryl methyl sites for hydroxylation is 1. The minimum Gasteiger partial charge on any atom is -0.521 e. The Labute approximate surface area is 113 Å². The van der Waals surface area contributed by atoms with Crippen molar-refractivity contribution in [1.82, 2.24) is 4.57 Å². The topological polar surface area (TPSA) is 42.2 Å². The fraction of sp³-hybridized carbons (Fsp3) is 0.308. The third kappa shape index (κ3) is 2.75. The second-order valence-corrected chi connectivity index (χ2v) is 3.81. The smallest absolute Gasteiger partial charge is 0.248 e. The van der Waals surface area contributed by atoms with E-state index in [1.54, 1.807) is 0 Å². The number of aromatic nitrogens is 1. The maximum absolute atomic E-state index is 11.1. The number of carboxylic acid groups (broad SMARTS) is 1. The van der Waals surface area contributed by atoms with Crippen LogP contribution in [0, 0.1) is 6.20 Å². The van der Waals surface area contributed by atoms with Crippen molar-refractivity contribution in [2.45, 2.75) is 26.3 Å². The maximum atomic E-state index is 11.1. The van der Waals surface area contributed by atoms with Gasteiger partial charge in [-0.2, -0.15) is 0 Å². The first-order valence-corrected chi connectivity index (χ1v) is 5.48. The van der Waals surface area contributed by atoms with Gasteiger partial charge < -0.3 is 14.5 Å². The van der Waals surface area contributed by atoms with Crippen LogP contribution in [0.5, 0.6) is 0 Å². The zero-order valence-electron chi connectivity index (χ0n) is 9.94. The first-order chi connectivity index (χ1) is 7.74. The van der Waals surface area contributed by atoms with Crippen LogP contribution in [0.25, 0.3) is 10.9 Å². The van der Waals surface area contributed by atoms with Crippen LogP contribution in [-0.2, 0) is 26.0 Å². The zero-order valence-corrected chi connectivity index (χ0v) is 12.9. The Morgan fingerprint density at radius 3 is 2.76 bits per heavy atom. The van der Waals surface area contributed by atoms with E-state index in [0.717, 1.165) is 30.3 Å². The Hall–Kier alpha value is -1.15. The predicted octanol–water partition coefficient (Wildman–Crippen LogP) is 2.94. The summed E-state index contributed by atoms with van der Waals surface area (Å²) in [6, 6.07) is 7.54. The summed E-state index contributed by atoms with van der Waals surface area (Å²) in [6.07, 6.45) is 5.06. The van der Waals surface area contributed by atoms with Crippen LogP contribution in [0.3, 0.4) is 0 Å². The van der Waals surface area contributed by atoms with Crippen LogP contribution in [0.4, 0.5) is 0 Å². The molecular formula is C13H14NO2Zn-. The first kappa shape index (κ1) is 13.9. The molecule has 0 unspecified atom stereocenters. The van der Waals surface area contributed by atoms with Crippen molar-refractivity contribution >= 4 is 16.9 Å². The van der Waals surface area contributed by atoms with Gasteiger partial charge in [0.2, 0.25) is 5.97 Å². The number of aromatic carboxylic acids is 1. The van der Waals surface area contributed by atoms with Gasteiger partial charge in [-0.25, -0.2) is 0 Å². The van der Waals surface area contributed by atoms with E-state index in [1.165, 1.54) is 0 Å². The zero-order chi connectivity index (χ0) is 11.5. The molecule has 0 amide bonds. The van der Waals surface area contributed by atoms with Crippen LogP contribution in [-0.4, -0.2) is 15.6 Å². The molecule has 4 heteroatoms. The molecule has 0 aliphatic rings. The average molecular weight is 282 g/mol. The van der Waals surface area contributed by atoms with E-state index in [9.17, 15) is 4.79 Å². The molecule has 1 aromatic heterocycles. The Bertz CT molecular complexity index is 519. The third-order valence-corrected chi connectivity index (χ3v) is 2.66. The first-order valence-electron chi connectivity index (χ1n) is 5.48. The molecule has 1 heterocycles. The van der Waals surface area contributed by atoms with E-state index in [-0.39, 0.29) is 25.0 Å². The largest absolute Gasteiger partial charge is 0.521 e. The van der Waals surface area contributed by atoms with E-state index in [0.29, 0.717) is 0 Å². The van der Waals surface area contributed by atoms with E-state index >= 15 is 0 Å². The Morgan fingerprint density at radius 2 is 2.12 bits per heavy atom. The van der Waals surface area contributed by atoms with E-state index < -0.39 is 5.97 Å². The Morgan fingerprint density at radius 1 is 1.41 bits per heavy atom. The van der Waals surface area contributed by atoms with Crippen LogP contribution in [0.2, 0.25) is 0 Å². The van der Waals surface area contributed by atoms with E-state index in [4.69, 9.17) is 5.11 Å². The summed E-state index contributed by atoms with van der Waals surface area (Å²) in [4.78, 5) is 11.1. The van der Waals surface area contributed by atoms with Crippen molar-refractivity contribution in [3.8, 4) is 0 Å². The molecule has 0 fully saturated rings. The van der Waals surface area contributed by atoms with Crippen molar-refractivity contribution in [3.63, 3.8) is 0 Å². The molecule has 0 saturated heterocycles. The number of unbranched alkanes of at least 4 members (excludes halogenated alkanes) is 1. The number of hydrogen-bond acceptors (Lipinski definition) is 1. The number of hydrogen-bond donors (Lipinski definition) is 1. The van der Waals surface area contributed by atoms with Gasteiger partial charge in [-0.1, -0.05) is 43.3 Å². The Balaban J connectivity index is 0.00000144. The number of carbonyl (C=O) groups is 1. The molecule has 1 N–H and O–H groups in total. The van der Waals surface area contributed by atoms with Crippen LogP contribution < -0.4 is 0 Å². The van der Waals surface area contributed by atoms with E-state index in [2.05, 4.69) is 13.1 Å². The van der Waals surface area contributed by atoms with Crippen molar-refractivity contribution in [2.75, 3.05) is 0 Å². The van der Waals surface area contributed by atoms with Crippen LogP contribution in [0.15, 0.2) is 24.3 Å². The maximum Gasteiger partial charge on any atom is 0.248 e. The molecule has 0 radical (unpaired) electrons. The quantitative estimate of drug-likeness (QED) is 0.691. The van der Waals surface area contributed by atoms with Gasteiger partial charge in [-0.05, 0) is 12.0 Å². The molecule has 0 aliphatic heterocycles. The molecule has 2 aromatic rings. The van der Waals surface area contributed by atoms with Crippen molar-refractivity contribution in [3.05, 3.63) is 36.0 Å². The fourth-order valence-corrected chi connectivity index (χ4v) is 1.83. The van der Waals surface area contributed by atoms with Crippen molar-refractivity contribution in [1.29, 1.82) is 0 Å². The minimum absolute atomic E-state index is 0. The summed E-state index contributed by atoms with van der Waals surface area (Å²) in [5.41, 5.74) is 1.22. The summed E-state index contributed by atoms with van der Waals surface area (Å²) >= 11 is 0. The number of nitrogens with zero attached hydrogens (tertiary/aromatic N) is 1. The molecule has 0 aliphatic carbocycles. The van der Waals surface area contributed by atoms with Crippen LogP contribution in [0.1, 0.15) is 30.1 Å². The Kier molecular flexibility index (Phi) is 4.89. The standard InChI is InChI=1S/C13H14NO2.Zn/c1-2-3-8-14-9-11(13(15)16)10-6-4-5-7-12(10)14;/h4-7H,2-3,8H2,1H3,(H,15,16);/q-1;. The molecule has 3 nitrogen and oxygen atoms in total. The molecule has 1 aromatic carbocycles. The van der Waals surface area contributed by atoms with Gasteiger partial charge in [0.25, 0.3) is 0 Å². The van der Waals surface area contributed by atoms with Crippen LogP contribution >= 0.6 is 0 Å². The predicted molar refractivity (Wildman–Crippen MR) is 62.6 cm³/mol. The second kappa shape index (κ2) is 5.97. The summed E-state index contributed by atoms with van der Waals surface area (Å²) in [5, 5.41) is 9.85. The summed E-state index contributed by atoms with van der Waals surface area (Å²) in [7, 11) is 0. The van der Waals surface area contributed by atoms with Gasteiger partial charge in [0.05, 0.1) is 0 Å². The van der Waals surface area contributed by atoms with Crippen molar-refractivity contribution in [2.24, 2.45) is 0 Å². The third-order valence-electron chi connectivity index (χ3n) is 2.66. The molecule has 0 spiro atoms. The van der Waals surface area contributed by atoms with Gasteiger partial charge >= 0.3 is 0 Å². The normalized spacial score (nSPS) is 10.2. The molecule has 0 bridgehead atoms. The SMILES string of the molecule is CCCCn1[c-]c(C(=O)O)c2ccccc21.[Zn]. The fourth-order valence-electron chi connectivity index (χ4n) is 1.83. The molecule has 0 saturated carbocycles. The molecule has 17 heavy (non-hydrogen) atoms. The van der Waals surface area contributed by atoms with Gasteiger partial charge in [-0.3, -0.25) is 0 Å². The second-order valence-electron chi connectivity index (χ2n) is 3.81. The van der Waals surface area contributed by atoms with Gasteiger partial charge in [-0.15, -0.1) is 11.5 Å². The molecular weight excluding hydrogens is 268 g/mol. The summed E-state index contributed by atoms with van der Waals surface area (Å²) in [5.74, 6) is -0.911. The summed E-state index contributed by atoms with van der Waals surface area (Å²) in [6.45, 7) is 2.94. The number of benzene rings is 1. The average Bonchev–Trinajstić information content (AvgIpc) is 2.65. The van der Waals surface area contributed by atoms with Gasteiger partial charge in [0, 0.05) is 26.0 Å². The number of carboxylic acids is 1.